The molecule has 1 heterocycles. The number of aliphatic carboxylic acids is 1. The zero-order valence-electron chi connectivity index (χ0n) is 16.7. The van der Waals surface area contributed by atoms with Gasteiger partial charge in [0.05, 0.1) is 5.69 Å². The van der Waals surface area contributed by atoms with Gasteiger partial charge < -0.3 is 5.11 Å². The van der Waals surface area contributed by atoms with Crippen molar-refractivity contribution in [2.75, 3.05) is 0 Å². The smallest absolute Gasteiger partial charge is 0.321 e. The summed E-state index contributed by atoms with van der Waals surface area (Å²) in [6, 6.07) is -0.689. The molecule has 1 atom stereocenters. The fraction of sp³-hybridized carbons (Fsp3) is 0.304. The quantitative estimate of drug-likeness (QED) is 0.331. The lowest BCUT2D eigenvalue weighted by Gasteiger charge is -2.14. The van der Waals surface area contributed by atoms with E-state index >= 15 is 0 Å². The van der Waals surface area contributed by atoms with Crippen LogP contribution in [0.2, 0.25) is 0 Å². The molecule has 0 radical (unpaired) electrons. The van der Waals surface area contributed by atoms with Gasteiger partial charge in [-0.15, -0.1) is 17.9 Å². The van der Waals surface area contributed by atoms with Gasteiger partial charge in [-0.3, -0.25) is 10.1 Å². The Bertz CT molecular complexity index is 769. The Kier molecular flexibility index (Phi) is 11.5. The maximum Gasteiger partial charge on any atom is 0.321 e. The highest BCUT2D eigenvalue weighted by molar-refractivity contribution is 7.09. The molecule has 1 aromatic heterocycles. The van der Waals surface area contributed by atoms with E-state index < -0.39 is 12.0 Å². The monoisotopic (exact) mass is 398 g/mol. The van der Waals surface area contributed by atoms with Crippen molar-refractivity contribution in [2.45, 2.75) is 45.7 Å². The number of hydrogen-bond acceptors (Lipinski definition) is 4. The van der Waals surface area contributed by atoms with Crippen LogP contribution in [0.3, 0.4) is 0 Å². The van der Waals surface area contributed by atoms with E-state index in [1.807, 2.05) is 61.8 Å². The molecule has 0 amide bonds. The Hall–Kier alpha value is -2.50. The molecule has 5 heteroatoms. The second kappa shape index (κ2) is 13.6. The molecular weight excluding hydrogens is 368 g/mol. The number of nitrogens with zero attached hydrogens (tertiary/aromatic N) is 1. The third-order valence-electron chi connectivity index (χ3n) is 3.87. The average molecular weight is 399 g/mol. The second-order valence-electron chi connectivity index (χ2n) is 6.10. The summed E-state index contributed by atoms with van der Waals surface area (Å²) in [4.78, 5) is 16.3. The molecule has 0 saturated carbocycles. The number of thiazole rings is 1. The van der Waals surface area contributed by atoms with Crippen LogP contribution in [0.25, 0.3) is 5.57 Å². The molecule has 0 bridgehead atoms. The molecule has 1 rings (SSSR count). The summed E-state index contributed by atoms with van der Waals surface area (Å²) in [6.07, 6.45) is 17.3. The predicted molar refractivity (Wildman–Crippen MR) is 120 cm³/mol. The SMILES string of the molecule is C=C/C=C(\C=C/CC)CC(NCc1nc(/C(=C/C=C\C)CC=C)cs1)C(=O)O. The summed E-state index contributed by atoms with van der Waals surface area (Å²) < 4.78 is 0. The third kappa shape index (κ3) is 8.46. The van der Waals surface area contributed by atoms with E-state index in [1.165, 1.54) is 11.3 Å². The van der Waals surface area contributed by atoms with Crippen LogP contribution in [0.1, 0.15) is 43.8 Å². The largest absolute Gasteiger partial charge is 0.480 e. The molecule has 0 aliphatic rings. The number of hydrogen-bond donors (Lipinski definition) is 2. The van der Waals surface area contributed by atoms with E-state index in [1.54, 1.807) is 6.08 Å². The fourth-order valence-corrected chi connectivity index (χ4v) is 3.24. The minimum Gasteiger partial charge on any atom is -0.480 e. The van der Waals surface area contributed by atoms with Crippen LogP contribution in [-0.2, 0) is 11.3 Å². The number of carboxylic acid groups (broad SMARTS) is 1. The number of carbonyl (C=O) groups is 1. The lowest BCUT2D eigenvalue weighted by molar-refractivity contribution is -0.139. The number of allylic oxidation sites excluding steroid dienone is 9. The van der Waals surface area contributed by atoms with E-state index in [2.05, 4.69) is 23.5 Å². The van der Waals surface area contributed by atoms with Crippen molar-refractivity contribution < 1.29 is 9.90 Å². The second-order valence-corrected chi connectivity index (χ2v) is 7.04. The molecule has 0 saturated heterocycles. The highest BCUT2D eigenvalue weighted by Crippen LogP contribution is 2.22. The van der Waals surface area contributed by atoms with Gasteiger partial charge >= 0.3 is 5.97 Å². The fourth-order valence-electron chi connectivity index (χ4n) is 2.47. The number of nitrogens with one attached hydrogen (secondary N) is 1. The summed E-state index contributed by atoms with van der Waals surface area (Å²) in [6.45, 7) is 11.9. The van der Waals surface area contributed by atoms with Crippen LogP contribution in [0.5, 0.6) is 0 Å². The van der Waals surface area contributed by atoms with Gasteiger partial charge in [0.25, 0.3) is 0 Å². The maximum atomic E-state index is 11.7. The van der Waals surface area contributed by atoms with Crippen LogP contribution in [-0.4, -0.2) is 22.1 Å². The van der Waals surface area contributed by atoms with Crippen molar-refractivity contribution in [3.8, 4) is 0 Å². The van der Waals surface area contributed by atoms with Crippen molar-refractivity contribution >= 4 is 22.9 Å². The molecule has 150 valence electrons. The van der Waals surface area contributed by atoms with E-state index in [0.717, 1.165) is 34.7 Å². The molecule has 0 aliphatic heterocycles. The molecule has 0 fully saturated rings. The van der Waals surface area contributed by atoms with Crippen LogP contribution in [0, 0.1) is 0 Å². The minimum absolute atomic E-state index is 0.388. The van der Waals surface area contributed by atoms with E-state index in [9.17, 15) is 9.90 Å². The Labute approximate surface area is 172 Å². The summed E-state index contributed by atoms with van der Waals surface area (Å²) >= 11 is 1.52. The van der Waals surface area contributed by atoms with Gasteiger partial charge in [0.2, 0.25) is 0 Å². The highest BCUT2D eigenvalue weighted by atomic mass is 32.1. The summed E-state index contributed by atoms with van der Waals surface area (Å²) in [5, 5.41) is 15.5. The van der Waals surface area contributed by atoms with Crippen LogP contribution in [0.15, 0.2) is 72.7 Å². The van der Waals surface area contributed by atoms with Gasteiger partial charge in [-0.05, 0) is 37.3 Å². The first kappa shape index (κ1) is 23.5. The van der Waals surface area contributed by atoms with Crippen LogP contribution in [0.4, 0.5) is 0 Å². The van der Waals surface area contributed by atoms with Crippen molar-refractivity contribution in [2.24, 2.45) is 0 Å². The predicted octanol–water partition coefficient (Wildman–Crippen LogP) is 5.69. The lowest BCUT2D eigenvalue weighted by atomic mass is 10.0. The van der Waals surface area contributed by atoms with Gasteiger partial charge in [-0.2, -0.15) is 0 Å². The molecule has 28 heavy (non-hydrogen) atoms. The molecule has 0 aliphatic carbocycles. The third-order valence-corrected chi connectivity index (χ3v) is 4.72. The zero-order chi connectivity index (χ0) is 20.8. The Balaban J connectivity index is 2.84. The van der Waals surface area contributed by atoms with E-state index in [0.29, 0.717) is 13.0 Å². The minimum atomic E-state index is -0.878. The number of rotatable bonds is 13. The van der Waals surface area contributed by atoms with E-state index in [-0.39, 0.29) is 0 Å². The van der Waals surface area contributed by atoms with Crippen molar-refractivity contribution in [3.63, 3.8) is 0 Å². The van der Waals surface area contributed by atoms with Gasteiger partial charge in [0.1, 0.15) is 11.0 Å². The van der Waals surface area contributed by atoms with Gasteiger partial charge in [0, 0.05) is 11.9 Å². The average Bonchev–Trinajstić information content (AvgIpc) is 3.14. The summed E-state index contributed by atoms with van der Waals surface area (Å²) in [7, 11) is 0. The summed E-state index contributed by atoms with van der Waals surface area (Å²) in [5.41, 5.74) is 2.93. The first-order valence-electron chi connectivity index (χ1n) is 9.37. The van der Waals surface area contributed by atoms with Crippen molar-refractivity contribution in [1.82, 2.24) is 10.3 Å². The van der Waals surface area contributed by atoms with Gasteiger partial charge in [-0.25, -0.2) is 4.98 Å². The molecular formula is C23H30N2O2S. The summed E-state index contributed by atoms with van der Waals surface area (Å²) in [5.74, 6) is -0.878. The topological polar surface area (TPSA) is 62.2 Å². The standard InChI is InChI=1S/C23H30N2O2S/c1-5-9-13-18(11-7-3)15-20(23(26)27)24-16-22-25-21(17-28-22)19(12-8-4)14-10-6-2/h6-11,13-14,17,20,24H,3-5,12,15-16H2,1-2H3,(H,26,27)/b10-6-,13-9-,18-11+,19-14+. The normalized spacial score (nSPS) is 13.9. The number of carboxylic acids is 1. The highest BCUT2D eigenvalue weighted by Gasteiger charge is 2.18. The van der Waals surface area contributed by atoms with Gasteiger partial charge in [0.15, 0.2) is 0 Å². The Morgan fingerprint density at radius 1 is 1.39 bits per heavy atom. The lowest BCUT2D eigenvalue weighted by Crippen LogP contribution is -2.36. The van der Waals surface area contributed by atoms with Gasteiger partial charge in [-0.1, -0.05) is 62.1 Å². The molecule has 1 aromatic rings. The molecule has 2 N–H and O–H groups in total. The van der Waals surface area contributed by atoms with Crippen LogP contribution < -0.4 is 5.32 Å². The van der Waals surface area contributed by atoms with Crippen molar-refractivity contribution in [1.29, 1.82) is 0 Å². The molecule has 1 unspecified atom stereocenters. The van der Waals surface area contributed by atoms with E-state index in [4.69, 9.17) is 0 Å². The molecule has 4 nitrogen and oxygen atoms in total. The van der Waals surface area contributed by atoms with Crippen molar-refractivity contribution in [3.05, 3.63) is 83.4 Å². The maximum absolute atomic E-state index is 11.7. The Morgan fingerprint density at radius 3 is 2.79 bits per heavy atom. The zero-order valence-corrected chi connectivity index (χ0v) is 17.5. The first-order valence-corrected chi connectivity index (χ1v) is 10.2. The molecule has 0 spiro atoms. The van der Waals surface area contributed by atoms with Crippen LogP contribution >= 0.6 is 11.3 Å². The first-order chi connectivity index (χ1) is 13.5. The molecule has 0 aromatic carbocycles. The number of aromatic nitrogens is 1. The Morgan fingerprint density at radius 2 is 2.18 bits per heavy atom.